The second kappa shape index (κ2) is 5.63. The second-order valence-corrected chi connectivity index (χ2v) is 3.77. The highest BCUT2D eigenvalue weighted by atomic mass is 79.9. The first-order valence-electron chi connectivity index (χ1n) is 4.29. The molecule has 0 unspecified atom stereocenters. The minimum atomic E-state index is 0.276. The Hall–Kier alpha value is -1.05. The zero-order chi connectivity index (χ0) is 10.4. The van der Waals surface area contributed by atoms with Crippen LogP contribution in [0.1, 0.15) is 12.0 Å². The van der Waals surface area contributed by atoms with E-state index in [4.69, 9.17) is 5.26 Å². The molecule has 0 aromatic heterocycles. The molecule has 0 fully saturated rings. The van der Waals surface area contributed by atoms with Gasteiger partial charge in [0.15, 0.2) is 0 Å². The van der Waals surface area contributed by atoms with Gasteiger partial charge in [-0.05, 0) is 18.2 Å². The average molecular weight is 255 g/mol. The van der Waals surface area contributed by atoms with Crippen LogP contribution >= 0.6 is 15.9 Å². The summed E-state index contributed by atoms with van der Waals surface area (Å²) in [6, 6.07) is 7.33. The van der Waals surface area contributed by atoms with Crippen LogP contribution in [0.2, 0.25) is 0 Å². The fourth-order valence-electron chi connectivity index (χ4n) is 1.06. The van der Waals surface area contributed by atoms with Crippen LogP contribution in [0.25, 0.3) is 0 Å². The number of nitriles is 1. The van der Waals surface area contributed by atoms with E-state index in [9.17, 15) is 5.11 Å². The summed E-state index contributed by atoms with van der Waals surface area (Å²) in [6.07, 6.45) is 0.481. The lowest BCUT2D eigenvalue weighted by Crippen LogP contribution is -2.14. The minimum Gasteiger partial charge on any atom is -0.508 e. The molecule has 1 rings (SSSR count). The van der Waals surface area contributed by atoms with Crippen LogP contribution in [0.3, 0.4) is 0 Å². The zero-order valence-corrected chi connectivity index (χ0v) is 9.21. The van der Waals surface area contributed by atoms with E-state index in [1.807, 2.05) is 12.1 Å². The molecule has 0 bridgehead atoms. The summed E-state index contributed by atoms with van der Waals surface area (Å²) in [5, 5.41) is 20.8. The number of hydrogen-bond donors (Lipinski definition) is 2. The summed E-state index contributed by atoms with van der Waals surface area (Å²) in [5.41, 5.74) is 0.831. The number of aromatic hydroxyl groups is 1. The zero-order valence-electron chi connectivity index (χ0n) is 7.63. The molecule has 1 aromatic carbocycles. The van der Waals surface area contributed by atoms with Gasteiger partial charge in [0.1, 0.15) is 5.75 Å². The fourth-order valence-corrected chi connectivity index (χ4v) is 1.47. The molecule has 0 aliphatic rings. The summed E-state index contributed by atoms with van der Waals surface area (Å²) in [4.78, 5) is 0. The lowest BCUT2D eigenvalue weighted by molar-refractivity contribution is 0.464. The van der Waals surface area contributed by atoms with E-state index < -0.39 is 0 Å². The Morgan fingerprint density at radius 1 is 1.50 bits per heavy atom. The van der Waals surface area contributed by atoms with Gasteiger partial charge in [-0.15, -0.1) is 0 Å². The average Bonchev–Trinajstić information content (AvgIpc) is 2.18. The Bertz CT molecular complexity index is 346. The van der Waals surface area contributed by atoms with Gasteiger partial charge in [0.2, 0.25) is 0 Å². The van der Waals surface area contributed by atoms with Crippen molar-refractivity contribution in [3.05, 3.63) is 28.2 Å². The van der Waals surface area contributed by atoms with Crippen LogP contribution < -0.4 is 5.32 Å². The SMILES string of the molecule is N#CCCNCc1cc(Br)ccc1O. The van der Waals surface area contributed by atoms with E-state index in [0.717, 1.165) is 10.0 Å². The van der Waals surface area contributed by atoms with Gasteiger partial charge in [0.05, 0.1) is 6.07 Å². The van der Waals surface area contributed by atoms with Crippen molar-refractivity contribution in [2.75, 3.05) is 6.54 Å². The standard InChI is InChI=1S/C10H11BrN2O/c11-9-2-3-10(14)8(6-9)7-13-5-1-4-12/h2-3,6,13-14H,1,5,7H2. The third-order valence-corrected chi connectivity index (χ3v) is 2.26. The summed E-state index contributed by atoms with van der Waals surface area (Å²) < 4.78 is 0.937. The largest absolute Gasteiger partial charge is 0.508 e. The minimum absolute atomic E-state index is 0.276. The van der Waals surface area contributed by atoms with Gasteiger partial charge >= 0.3 is 0 Å². The number of hydrogen-bond acceptors (Lipinski definition) is 3. The molecule has 0 aliphatic carbocycles. The first-order valence-corrected chi connectivity index (χ1v) is 5.08. The molecule has 0 spiro atoms. The Morgan fingerprint density at radius 3 is 3.00 bits per heavy atom. The maximum atomic E-state index is 9.47. The Balaban J connectivity index is 2.50. The lowest BCUT2D eigenvalue weighted by Gasteiger charge is -2.05. The molecule has 0 heterocycles. The number of benzene rings is 1. The monoisotopic (exact) mass is 254 g/mol. The smallest absolute Gasteiger partial charge is 0.120 e. The quantitative estimate of drug-likeness (QED) is 0.810. The molecule has 0 saturated carbocycles. The van der Waals surface area contributed by atoms with Crippen LogP contribution in [0.4, 0.5) is 0 Å². The van der Waals surface area contributed by atoms with E-state index in [2.05, 4.69) is 21.2 Å². The highest BCUT2D eigenvalue weighted by Gasteiger charge is 2.00. The highest BCUT2D eigenvalue weighted by molar-refractivity contribution is 9.10. The molecule has 2 N–H and O–H groups in total. The van der Waals surface area contributed by atoms with Crippen LogP contribution in [0.15, 0.2) is 22.7 Å². The maximum absolute atomic E-state index is 9.47. The second-order valence-electron chi connectivity index (χ2n) is 2.86. The predicted octanol–water partition coefficient (Wildman–Crippen LogP) is 2.16. The van der Waals surface area contributed by atoms with Crippen LogP contribution in [0.5, 0.6) is 5.75 Å². The summed E-state index contributed by atoms with van der Waals surface area (Å²) >= 11 is 3.33. The van der Waals surface area contributed by atoms with Crippen molar-refractivity contribution in [1.82, 2.24) is 5.32 Å². The Morgan fingerprint density at radius 2 is 2.29 bits per heavy atom. The van der Waals surface area contributed by atoms with Crippen molar-refractivity contribution in [2.45, 2.75) is 13.0 Å². The van der Waals surface area contributed by atoms with Crippen molar-refractivity contribution in [1.29, 1.82) is 5.26 Å². The first-order chi connectivity index (χ1) is 6.74. The Labute approximate surface area is 91.5 Å². The molecule has 0 aliphatic heterocycles. The molecule has 4 heteroatoms. The van der Waals surface area contributed by atoms with Crippen molar-refractivity contribution in [3.63, 3.8) is 0 Å². The van der Waals surface area contributed by atoms with Crippen molar-refractivity contribution in [3.8, 4) is 11.8 Å². The van der Waals surface area contributed by atoms with E-state index in [1.54, 1.807) is 12.1 Å². The number of phenols is 1. The van der Waals surface area contributed by atoms with E-state index in [1.165, 1.54) is 0 Å². The van der Waals surface area contributed by atoms with E-state index in [-0.39, 0.29) is 5.75 Å². The predicted molar refractivity (Wildman–Crippen MR) is 57.7 cm³/mol. The van der Waals surface area contributed by atoms with Gasteiger partial charge in [-0.2, -0.15) is 5.26 Å². The van der Waals surface area contributed by atoms with E-state index in [0.29, 0.717) is 19.5 Å². The fraction of sp³-hybridized carbons (Fsp3) is 0.300. The topological polar surface area (TPSA) is 56.0 Å². The van der Waals surface area contributed by atoms with Crippen molar-refractivity contribution >= 4 is 15.9 Å². The molecule has 74 valence electrons. The molecule has 1 aromatic rings. The van der Waals surface area contributed by atoms with Gasteiger partial charge in [0, 0.05) is 29.5 Å². The van der Waals surface area contributed by atoms with Crippen LogP contribution in [-0.4, -0.2) is 11.7 Å². The van der Waals surface area contributed by atoms with Crippen LogP contribution in [0, 0.1) is 11.3 Å². The Kier molecular flexibility index (Phi) is 4.44. The van der Waals surface area contributed by atoms with Gasteiger partial charge in [0.25, 0.3) is 0 Å². The molecule has 0 amide bonds. The van der Waals surface area contributed by atoms with Gasteiger partial charge in [-0.25, -0.2) is 0 Å². The number of nitrogens with zero attached hydrogens (tertiary/aromatic N) is 1. The summed E-state index contributed by atoms with van der Waals surface area (Å²) in [7, 11) is 0. The van der Waals surface area contributed by atoms with Crippen LogP contribution in [-0.2, 0) is 6.54 Å². The molecule has 0 atom stereocenters. The summed E-state index contributed by atoms with van der Waals surface area (Å²) in [6.45, 7) is 1.22. The van der Waals surface area contributed by atoms with Crippen molar-refractivity contribution < 1.29 is 5.11 Å². The maximum Gasteiger partial charge on any atom is 0.120 e. The first kappa shape index (κ1) is 11.0. The normalized spacial score (nSPS) is 9.71. The van der Waals surface area contributed by atoms with Crippen molar-refractivity contribution in [2.24, 2.45) is 0 Å². The number of halogens is 1. The van der Waals surface area contributed by atoms with Gasteiger partial charge < -0.3 is 10.4 Å². The molecule has 14 heavy (non-hydrogen) atoms. The molecule has 0 saturated heterocycles. The molecule has 0 radical (unpaired) electrons. The number of nitrogens with one attached hydrogen (secondary N) is 1. The number of phenolic OH excluding ortho intramolecular Hbond substituents is 1. The third kappa shape index (κ3) is 3.36. The van der Waals surface area contributed by atoms with E-state index >= 15 is 0 Å². The lowest BCUT2D eigenvalue weighted by atomic mass is 10.2. The van der Waals surface area contributed by atoms with Gasteiger partial charge in [-0.3, -0.25) is 0 Å². The highest BCUT2D eigenvalue weighted by Crippen LogP contribution is 2.21. The third-order valence-electron chi connectivity index (χ3n) is 1.77. The molecular formula is C10H11BrN2O. The van der Waals surface area contributed by atoms with Gasteiger partial charge in [-0.1, -0.05) is 15.9 Å². The molecular weight excluding hydrogens is 244 g/mol. The number of rotatable bonds is 4. The molecule has 3 nitrogen and oxygen atoms in total. The summed E-state index contributed by atoms with van der Waals surface area (Å²) in [5.74, 6) is 0.276.